The molecule has 16 heavy (non-hydrogen) atoms. The second kappa shape index (κ2) is 4.31. The van der Waals surface area contributed by atoms with Crippen LogP contribution >= 0.6 is 11.6 Å². The first-order chi connectivity index (χ1) is 7.63. The topological polar surface area (TPSA) is 46.6 Å². The van der Waals surface area contributed by atoms with Gasteiger partial charge in [-0.15, -0.1) is 0 Å². The lowest BCUT2D eigenvalue weighted by atomic mass is 10.3. The molecule has 0 aliphatic rings. The number of nitrogens with zero attached hydrogens (tertiary/aromatic N) is 3. The minimum atomic E-state index is 0.534. The third-order valence-corrected chi connectivity index (χ3v) is 2.82. The van der Waals surface area contributed by atoms with E-state index in [1.54, 1.807) is 0 Å². The zero-order valence-corrected chi connectivity index (χ0v) is 10.2. The molecule has 0 unspecified atom stereocenters. The van der Waals surface area contributed by atoms with E-state index in [9.17, 15) is 0 Å². The van der Waals surface area contributed by atoms with Crippen molar-refractivity contribution in [2.24, 2.45) is 5.73 Å². The van der Waals surface area contributed by atoms with Crippen molar-refractivity contribution < 1.29 is 0 Å². The maximum absolute atomic E-state index is 6.10. The van der Waals surface area contributed by atoms with Gasteiger partial charge in [0.15, 0.2) is 5.15 Å². The summed E-state index contributed by atoms with van der Waals surface area (Å²) in [5.74, 6) is 0.910. The molecule has 2 heterocycles. The number of hydrogen-bond acceptors (Lipinski definition) is 3. The zero-order chi connectivity index (χ0) is 11.7. The normalized spacial score (nSPS) is 11.0. The largest absolute Gasteiger partial charge is 0.378 e. The summed E-state index contributed by atoms with van der Waals surface area (Å²) in [5.41, 5.74) is 7.57. The molecule has 5 heteroatoms. The molecular formula is C11H15ClN4. The molecule has 2 aromatic heterocycles. The minimum absolute atomic E-state index is 0.534. The van der Waals surface area contributed by atoms with Crippen molar-refractivity contribution in [1.82, 2.24) is 9.38 Å². The number of hydrogen-bond donors (Lipinski definition) is 1. The van der Waals surface area contributed by atoms with Crippen LogP contribution in [0.3, 0.4) is 0 Å². The highest BCUT2D eigenvalue weighted by molar-refractivity contribution is 6.32. The summed E-state index contributed by atoms with van der Waals surface area (Å²) < 4.78 is 1.99. The predicted molar refractivity (Wildman–Crippen MR) is 67.3 cm³/mol. The number of halogens is 1. The first-order valence-electron chi connectivity index (χ1n) is 5.17. The van der Waals surface area contributed by atoms with Gasteiger partial charge in [0, 0.05) is 32.4 Å². The molecule has 2 N–H and O–H groups in total. The predicted octanol–water partition coefficient (Wildman–Crippen LogP) is 1.55. The van der Waals surface area contributed by atoms with Crippen LogP contribution in [0.1, 0.15) is 5.82 Å². The second-order valence-corrected chi connectivity index (χ2v) is 4.25. The molecule has 2 rings (SSSR count). The van der Waals surface area contributed by atoms with Crippen LogP contribution in [0.15, 0.2) is 18.3 Å². The summed E-state index contributed by atoms with van der Waals surface area (Å²) in [4.78, 5) is 6.34. The summed E-state index contributed by atoms with van der Waals surface area (Å²) in [6, 6.07) is 4.06. The molecule has 0 amide bonds. The SMILES string of the molecule is CN(C)c1ccn2c(CCN)nc(Cl)c2c1. The standard InChI is InChI=1S/C11H15ClN4/c1-15(2)8-4-6-16-9(7-8)11(12)14-10(16)3-5-13/h4,6-7H,3,5,13H2,1-2H3. The maximum Gasteiger partial charge on any atom is 0.155 e. The van der Waals surface area contributed by atoms with Gasteiger partial charge in [0.25, 0.3) is 0 Å². The Kier molecular flexibility index (Phi) is 3.03. The number of rotatable bonds is 3. The van der Waals surface area contributed by atoms with E-state index in [4.69, 9.17) is 17.3 Å². The molecule has 0 atom stereocenters. The van der Waals surface area contributed by atoms with Gasteiger partial charge in [-0.2, -0.15) is 0 Å². The Bertz CT molecular complexity index is 504. The molecule has 0 aliphatic carbocycles. The van der Waals surface area contributed by atoms with E-state index < -0.39 is 0 Å². The van der Waals surface area contributed by atoms with E-state index in [0.29, 0.717) is 11.7 Å². The van der Waals surface area contributed by atoms with E-state index in [1.165, 1.54) is 0 Å². The molecule has 2 aromatic rings. The van der Waals surface area contributed by atoms with Crippen molar-refractivity contribution in [3.63, 3.8) is 0 Å². The Labute approximate surface area is 99.6 Å². The van der Waals surface area contributed by atoms with E-state index in [-0.39, 0.29) is 0 Å². The fourth-order valence-corrected chi connectivity index (χ4v) is 1.92. The number of pyridine rings is 1. The average molecular weight is 239 g/mol. The van der Waals surface area contributed by atoms with Crippen LogP contribution in [0.4, 0.5) is 5.69 Å². The van der Waals surface area contributed by atoms with Gasteiger partial charge in [0.2, 0.25) is 0 Å². The van der Waals surface area contributed by atoms with E-state index in [2.05, 4.69) is 4.98 Å². The molecule has 0 saturated carbocycles. The monoisotopic (exact) mass is 238 g/mol. The zero-order valence-electron chi connectivity index (χ0n) is 9.44. The van der Waals surface area contributed by atoms with Crippen LogP contribution < -0.4 is 10.6 Å². The molecule has 86 valence electrons. The lowest BCUT2D eigenvalue weighted by Gasteiger charge is -2.12. The van der Waals surface area contributed by atoms with Gasteiger partial charge in [0.05, 0.1) is 5.52 Å². The van der Waals surface area contributed by atoms with Gasteiger partial charge in [-0.3, -0.25) is 0 Å². The third-order valence-electron chi connectivity index (χ3n) is 2.54. The first-order valence-corrected chi connectivity index (χ1v) is 5.55. The highest BCUT2D eigenvalue weighted by atomic mass is 35.5. The van der Waals surface area contributed by atoms with Gasteiger partial charge < -0.3 is 15.0 Å². The fourth-order valence-electron chi connectivity index (χ4n) is 1.68. The molecular weight excluding hydrogens is 224 g/mol. The minimum Gasteiger partial charge on any atom is -0.378 e. The van der Waals surface area contributed by atoms with Crippen molar-refractivity contribution >= 4 is 22.8 Å². The van der Waals surface area contributed by atoms with E-state index >= 15 is 0 Å². The van der Waals surface area contributed by atoms with Gasteiger partial charge in [-0.05, 0) is 18.7 Å². The molecule has 0 saturated heterocycles. The van der Waals surface area contributed by atoms with Crippen LogP contribution in [0.2, 0.25) is 5.15 Å². The number of imidazole rings is 1. The number of fused-ring (bicyclic) bond motifs is 1. The second-order valence-electron chi connectivity index (χ2n) is 3.89. The molecule has 0 aromatic carbocycles. The first kappa shape index (κ1) is 11.2. The molecule has 0 aliphatic heterocycles. The lowest BCUT2D eigenvalue weighted by Crippen LogP contribution is -2.09. The quantitative estimate of drug-likeness (QED) is 0.883. The maximum atomic E-state index is 6.10. The molecule has 4 nitrogen and oxygen atoms in total. The van der Waals surface area contributed by atoms with Gasteiger partial charge in [0.1, 0.15) is 5.82 Å². The summed E-state index contributed by atoms with van der Waals surface area (Å²) in [6.07, 6.45) is 2.71. The highest BCUT2D eigenvalue weighted by Crippen LogP contribution is 2.22. The Morgan fingerprint density at radius 1 is 1.50 bits per heavy atom. The van der Waals surface area contributed by atoms with Crippen LogP contribution in [0, 0.1) is 0 Å². The number of nitrogens with two attached hydrogens (primary N) is 1. The summed E-state index contributed by atoms with van der Waals surface area (Å²) in [6.45, 7) is 0.574. The Balaban J connectivity index is 2.57. The van der Waals surface area contributed by atoms with Crippen LogP contribution in [-0.4, -0.2) is 30.0 Å². The van der Waals surface area contributed by atoms with Crippen molar-refractivity contribution in [3.8, 4) is 0 Å². The Morgan fingerprint density at radius 2 is 2.25 bits per heavy atom. The van der Waals surface area contributed by atoms with E-state index in [1.807, 2.05) is 41.7 Å². The Hall–Kier alpha value is -1.26. The van der Waals surface area contributed by atoms with Gasteiger partial charge in [-0.1, -0.05) is 11.6 Å². The van der Waals surface area contributed by atoms with Crippen LogP contribution in [-0.2, 0) is 6.42 Å². The Morgan fingerprint density at radius 3 is 2.88 bits per heavy atom. The smallest absolute Gasteiger partial charge is 0.155 e. The van der Waals surface area contributed by atoms with Crippen LogP contribution in [0.5, 0.6) is 0 Å². The highest BCUT2D eigenvalue weighted by Gasteiger charge is 2.09. The van der Waals surface area contributed by atoms with Crippen molar-refractivity contribution in [3.05, 3.63) is 29.3 Å². The summed E-state index contributed by atoms with van der Waals surface area (Å²) in [7, 11) is 3.99. The average Bonchev–Trinajstić information content (AvgIpc) is 2.56. The van der Waals surface area contributed by atoms with Crippen molar-refractivity contribution in [2.75, 3.05) is 25.5 Å². The van der Waals surface area contributed by atoms with Gasteiger partial charge in [-0.25, -0.2) is 4.98 Å². The summed E-state index contributed by atoms with van der Waals surface area (Å²) >= 11 is 6.10. The van der Waals surface area contributed by atoms with E-state index in [0.717, 1.165) is 23.4 Å². The number of aromatic nitrogens is 2. The lowest BCUT2D eigenvalue weighted by molar-refractivity contribution is 0.863. The van der Waals surface area contributed by atoms with Gasteiger partial charge >= 0.3 is 0 Å². The molecule has 0 bridgehead atoms. The van der Waals surface area contributed by atoms with Crippen LogP contribution in [0.25, 0.3) is 5.52 Å². The number of anilines is 1. The fraction of sp³-hybridized carbons (Fsp3) is 0.364. The van der Waals surface area contributed by atoms with Crippen molar-refractivity contribution in [1.29, 1.82) is 0 Å². The third kappa shape index (κ3) is 1.86. The summed E-state index contributed by atoms with van der Waals surface area (Å²) in [5, 5.41) is 0.534. The molecule has 0 fully saturated rings. The molecule has 0 spiro atoms. The van der Waals surface area contributed by atoms with Crippen molar-refractivity contribution in [2.45, 2.75) is 6.42 Å². The molecule has 0 radical (unpaired) electrons.